The normalized spacial score (nSPS) is 16.0. The first-order valence-electron chi connectivity index (χ1n) is 14.4. The first-order chi connectivity index (χ1) is 20.5. The van der Waals surface area contributed by atoms with Crippen LogP contribution in [0, 0.1) is 11.8 Å². The average molecular weight is 596 g/mol. The Morgan fingerprint density at radius 2 is 1.37 bits per heavy atom. The molecule has 3 rings (SSSR count). The maximum Gasteiger partial charge on any atom is 0.408 e. The maximum atomic E-state index is 13.4. The van der Waals surface area contributed by atoms with Gasteiger partial charge in [0.1, 0.15) is 31.3 Å². The standard InChI is InChI=1S/C31H41N5O7/c1-20(2)14-24(34-30(40)43-19-23-10-12-32-13-11-23)28(38)33-26-16-36(17-27(26)37)29(39)25(15-21(3)4)35-31(41)42-18-22-8-6-5-7-9-22/h5-13,20-21,24-26H,14-19H2,1-4H3,(H,33,38)(H,34,40)(H,35,41)/t24-,25-,26?/m0/s1. The number of Topliss-reactive ketones (excluding diaryl/α,β-unsaturated/α-hetero) is 1. The fourth-order valence-electron chi connectivity index (χ4n) is 4.59. The monoisotopic (exact) mass is 595 g/mol. The van der Waals surface area contributed by atoms with Gasteiger partial charge < -0.3 is 30.3 Å². The summed E-state index contributed by atoms with van der Waals surface area (Å²) in [7, 11) is 0. The van der Waals surface area contributed by atoms with Gasteiger partial charge in [-0.15, -0.1) is 0 Å². The van der Waals surface area contributed by atoms with Crippen LogP contribution in [0.2, 0.25) is 0 Å². The number of hydrogen-bond acceptors (Lipinski definition) is 8. The van der Waals surface area contributed by atoms with E-state index in [-0.39, 0.29) is 43.9 Å². The number of hydrogen-bond donors (Lipinski definition) is 3. The molecular weight excluding hydrogens is 554 g/mol. The summed E-state index contributed by atoms with van der Waals surface area (Å²) >= 11 is 0. The summed E-state index contributed by atoms with van der Waals surface area (Å²) in [6, 6.07) is 9.77. The van der Waals surface area contributed by atoms with Gasteiger partial charge in [-0.05, 0) is 47.9 Å². The number of pyridine rings is 1. The third-order valence-electron chi connectivity index (χ3n) is 6.71. The van der Waals surface area contributed by atoms with Crippen molar-refractivity contribution in [2.45, 2.75) is 71.9 Å². The Kier molecular flexibility index (Phi) is 12.5. The van der Waals surface area contributed by atoms with E-state index in [2.05, 4.69) is 20.9 Å². The van der Waals surface area contributed by atoms with E-state index in [4.69, 9.17) is 9.47 Å². The van der Waals surface area contributed by atoms with Crippen LogP contribution in [0.25, 0.3) is 0 Å². The van der Waals surface area contributed by atoms with E-state index < -0.39 is 42.1 Å². The number of likely N-dealkylation sites (tertiary alicyclic amines) is 1. The number of rotatable bonds is 13. The van der Waals surface area contributed by atoms with Crippen LogP contribution in [0.3, 0.4) is 0 Å². The molecule has 0 spiro atoms. The van der Waals surface area contributed by atoms with Gasteiger partial charge in [0.15, 0.2) is 5.78 Å². The van der Waals surface area contributed by atoms with Crippen molar-refractivity contribution in [1.82, 2.24) is 25.8 Å². The highest BCUT2D eigenvalue weighted by Gasteiger charge is 2.39. The molecule has 1 aliphatic rings. The van der Waals surface area contributed by atoms with E-state index in [0.717, 1.165) is 11.1 Å². The number of ketones is 1. The molecule has 1 fully saturated rings. The third-order valence-corrected chi connectivity index (χ3v) is 6.71. The van der Waals surface area contributed by atoms with E-state index in [1.165, 1.54) is 4.90 Å². The van der Waals surface area contributed by atoms with E-state index in [1.54, 1.807) is 24.5 Å². The summed E-state index contributed by atoms with van der Waals surface area (Å²) in [6.07, 6.45) is 2.30. The van der Waals surface area contributed by atoms with Gasteiger partial charge in [0, 0.05) is 18.9 Å². The van der Waals surface area contributed by atoms with Crippen molar-refractivity contribution in [1.29, 1.82) is 0 Å². The lowest BCUT2D eigenvalue weighted by molar-refractivity contribution is -0.134. The SMILES string of the molecule is CC(C)C[C@H](NC(=O)OCc1ccncc1)C(=O)NC1CN(C(=O)[C@H](CC(C)C)NC(=O)OCc2ccccc2)CC1=O. The van der Waals surface area contributed by atoms with Crippen LogP contribution < -0.4 is 16.0 Å². The highest BCUT2D eigenvalue weighted by Crippen LogP contribution is 2.15. The number of benzene rings is 1. The van der Waals surface area contributed by atoms with E-state index in [9.17, 15) is 24.0 Å². The number of aromatic nitrogens is 1. The Labute approximate surface area is 251 Å². The maximum absolute atomic E-state index is 13.4. The number of ether oxygens (including phenoxy) is 2. The molecule has 0 saturated carbocycles. The van der Waals surface area contributed by atoms with Gasteiger partial charge in [-0.25, -0.2) is 9.59 Å². The average Bonchev–Trinajstić information content (AvgIpc) is 3.34. The fraction of sp³-hybridized carbons (Fsp3) is 0.484. The second-order valence-corrected chi connectivity index (χ2v) is 11.4. The van der Waals surface area contributed by atoms with Crippen molar-refractivity contribution in [3.8, 4) is 0 Å². The summed E-state index contributed by atoms with van der Waals surface area (Å²) in [5, 5.41) is 7.90. The van der Waals surface area contributed by atoms with Crippen LogP contribution in [0.1, 0.15) is 51.7 Å². The molecule has 1 aliphatic heterocycles. The Hall–Kier alpha value is -4.48. The molecule has 4 amide bonds. The largest absolute Gasteiger partial charge is 0.445 e. The highest BCUT2D eigenvalue weighted by molar-refractivity contribution is 5.98. The molecule has 12 nitrogen and oxygen atoms in total. The topological polar surface area (TPSA) is 156 Å². The Morgan fingerprint density at radius 1 is 0.837 bits per heavy atom. The van der Waals surface area contributed by atoms with Crippen molar-refractivity contribution in [2.24, 2.45) is 11.8 Å². The summed E-state index contributed by atoms with van der Waals surface area (Å²) in [5.74, 6) is -1.22. The molecule has 0 aliphatic carbocycles. The minimum absolute atomic E-state index is 0.00787. The Bertz CT molecular complexity index is 1240. The smallest absolute Gasteiger partial charge is 0.408 e. The molecule has 3 atom stereocenters. The second-order valence-electron chi connectivity index (χ2n) is 11.4. The van der Waals surface area contributed by atoms with Crippen LogP contribution in [0.5, 0.6) is 0 Å². The van der Waals surface area contributed by atoms with Gasteiger partial charge in [-0.3, -0.25) is 19.4 Å². The molecular formula is C31H41N5O7. The minimum atomic E-state index is -0.953. The first kappa shape index (κ1) is 33.0. The summed E-state index contributed by atoms with van der Waals surface area (Å²) in [4.78, 5) is 69.6. The predicted molar refractivity (Wildman–Crippen MR) is 157 cm³/mol. The molecule has 2 heterocycles. The van der Waals surface area contributed by atoms with Crippen molar-refractivity contribution in [2.75, 3.05) is 13.1 Å². The zero-order valence-corrected chi connectivity index (χ0v) is 25.1. The molecule has 1 aromatic heterocycles. The van der Waals surface area contributed by atoms with Gasteiger partial charge in [0.05, 0.1) is 6.54 Å². The molecule has 3 N–H and O–H groups in total. The van der Waals surface area contributed by atoms with Crippen LogP contribution in [0.15, 0.2) is 54.9 Å². The Morgan fingerprint density at radius 3 is 1.95 bits per heavy atom. The molecule has 1 saturated heterocycles. The van der Waals surface area contributed by atoms with Crippen LogP contribution >= 0.6 is 0 Å². The molecule has 2 aromatic rings. The number of carbonyl (C=O) groups excluding carboxylic acids is 5. The second kappa shape index (κ2) is 16.2. The lowest BCUT2D eigenvalue weighted by atomic mass is 10.0. The Balaban J connectivity index is 1.57. The molecule has 232 valence electrons. The summed E-state index contributed by atoms with van der Waals surface area (Å²) in [5.41, 5.74) is 1.55. The van der Waals surface area contributed by atoms with Gasteiger partial charge >= 0.3 is 12.2 Å². The van der Waals surface area contributed by atoms with Crippen LogP contribution in [-0.2, 0) is 37.1 Å². The number of nitrogens with zero attached hydrogens (tertiary/aromatic N) is 2. The van der Waals surface area contributed by atoms with Crippen molar-refractivity contribution in [3.63, 3.8) is 0 Å². The van der Waals surface area contributed by atoms with Gasteiger partial charge in [0.25, 0.3) is 0 Å². The molecule has 12 heteroatoms. The lowest BCUT2D eigenvalue weighted by Crippen LogP contribution is -2.53. The van der Waals surface area contributed by atoms with E-state index >= 15 is 0 Å². The zero-order chi connectivity index (χ0) is 31.4. The predicted octanol–water partition coefficient (Wildman–Crippen LogP) is 2.96. The first-order valence-corrected chi connectivity index (χ1v) is 14.4. The molecule has 0 bridgehead atoms. The number of amides is 4. The number of nitrogens with one attached hydrogen (secondary N) is 3. The van der Waals surface area contributed by atoms with Crippen molar-refractivity contribution in [3.05, 3.63) is 66.0 Å². The highest BCUT2D eigenvalue weighted by atomic mass is 16.6. The number of alkyl carbamates (subject to hydrolysis) is 2. The number of carbonyl (C=O) groups is 5. The van der Waals surface area contributed by atoms with Crippen molar-refractivity contribution < 1.29 is 33.4 Å². The summed E-state index contributed by atoms with van der Waals surface area (Å²) < 4.78 is 10.5. The summed E-state index contributed by atoms with van der Waals surface area (Å²) in [6.45, 7) is 7.42. The van der Waals surface area contributed by atoms with Gasteiger partial charge in [-0.1, -0.05) is 58.0 Å². The molecule has 43 heavy (non-hydrogen) atoms. The van der Waals surface area contributed by atoms with Crippen molar-refractivity contribution >= 4 is 29.8 Å². The van der Waals surface area contributed by atoms with E-state index in [0.29, 0.717) is 12.8 Å². The molecule has 1 unspecified atom stereocenters. The third kappa shape index (κ3) is 11.0. The quantitative estimate of drug-likeness (QED) is 0.319. The lowest BCUT2D eigenvalue weighted by Gasteiger charge is -2.25. The van der Waals surface area contributed by atoms with E-state index in [1.807, 2.05) is 58.0 Å². The molecule has 1 aromatic carbocycles. The van der Waals surface area contributed by atoms with Gasteiger partial charge in [0.2, 0.25) is 11.8 Å². The fourth-order valence-corrected chi connectivity index (χ4v) is 4.59. The zero-order valence-electron chi connectivity index (χ0n) is 25.1. The minimum Gasteiger partial charge on any atom is -0.445 e. The van der Waals surface area contributed by atoms with Crippen LogP contribution in [0.4, 0.5) is 9.59 Å². The van der Waals surface area contributed by atoms with Crippen LogP contribution in [-0.4, -0.2) is 70.9 Å². The van der Waals surface area contributed by atoms with Gasteiger partial charge in [-0.2, -0.15) is 0 Å². The molecule has 0 radical (unpaired) electrons.